The van der Waals surface area contributed by atoms with Crippen LogP contribution in [0.25, 0.3) is 0 Å². The molecule has 21 heavy (non-hydrogen) atoms. The van der Waals surface area contributed by atoms with Gasteiger partial charge in [0, 0.05) is 24.0 Å². The van der Waals surface area contributed by atoms with Gasteiger partial charge in [-0.05, 0) is 43.0 Å². The van der Waals surface area contributed by atoms with Crippen LogP contribution >= 0.6 is 23.2 Å². The Hall–Kier alpha value is -0.290. The van der Waals surface area contributed by atoms with E-state index in [1.54, 1.807) is 23.4 Å². The minimum Gasteiger partial charge on any atom is -0.207 e. The molecule has 1 fully saturated rings. The van der Waals surface area contributed by atoms with E-state index in [1.165, 1.54) is 6.42 Å². The fourth-order valence-corrected chi connectivity index (χ4v) is 5.11. The molecule has 1 aromatic carbocycles. The van der Waals surface area contributed by atoms with Crippen molar-refractivity contribution in [2.24, 2.45) is 0 Å². The molecule has 0 unspecified atom stereocenters. The molecule has 1 aromatic rings. The first kappa shape index (κ1) is 17.1. The molecule has 0 aromatic heterocycles. The Balaban J connectivity index is 2.40. The van der Waals surface area contributed by atoms with Gasteiger partial charge in [-0.3, -0.25) is 0 Å². The lowest BCUT2D eigenvalue weighted by molar-refractivity contribution is 0.364. The second-order valence-electron chi connectivity index (χ2n) is 5.49. The molecule has 0 N–H and O–H groups in total. The number of nitrogens with zero attached hydrogens (tertiary/aromatic N) is 1. The fraction of sp³-hybridized carbons (Fsp3) is 0.600. The van der Waals surface area contributed by atoms with Crippen LogP contribution in [0.4, 0.5) is 0 Å². The van der Waals surface area contributed by atoms with Crippen LogP contribution in [-0.4, -0.2) is 25.8 Å². The molecule has 0 spiro atoms. The van der Waals surface area contributed by atoms with E-state index in [1.807, 2.05) is 0 Å². The van der Waals surface area contributed by atoms with E-state index in [9.17, 15) is 8.42 Å². The molecule has 1 aliphatic heterocycles. The molecule has 0 saturated carbocycles. The van der Waals surface area contributed by atoms with Crippen LogP contribution in [0.5, 0.6) is 0 Å². The summed E-state index contributed by atoms with van der Waals surface area (Å²) in [5.41, 5.74) is 1.48. The first-order valence-corrected chi connectivity index (χ1v) is 9.67. The summed E-state index contributed by atoms with van der Waals surface area (Å²) in [7, 11) is -3.50. The summed E-state index contributed by atoms with van der Waals surface area (Å²) >= 11 is 12.0. The van der Waals surface area contributed by atoms with Gasteiger partial charge in [0.15, 0.2) is 0 Å². The Morgan fingerprint density at radius 3 is 2.24 bits per heavy atom. The number of sulfonamides is 1. The molecule has 0 bridgehead atoms. The summed E-state index contributed by atoms with van der Waals surface area (Å²) in [6, 6.07) is 3.28. The van der Waals surface area contributed by atoms with Crippen LogP contribution in [-0.2, 0) is 15.9 Å². The largest absolute Gasteiger partial charge is 0.243 e. The van der Waals surface area contributed by atoms with E-state index in [0.29, 0.717) is 28.6 Å². The Bertz CT molecular complexity index is 594. The third-order valence-electron chi connectivity index (χ3n) is 4.01. The summed E-state index contributed by atoms with van der Waals surface area (Å²) in [5.74, 6) is 0.259. The lowest BCUT2D eigenvalue weighted by Gasteiger charge is -2.25. The maximum Gasteiger partial charge on any atom is 0.243 e. The molecule has 2 rings (SSSR count). The third-order valence-corrected chi connectivity index (χ3v) is 6.54. The molecule has 1 aliphatic rings. The molecule has 1 heterocycles. The van der Waals surface area contributed by atoms with Crippen LogP contribution < -0.4 is 0 Å². The van der Waals surface area contributed by atoms with E-state index < -0.39 is 10.0 Å². The predicted molar refractivity (Wildman–Crippen MR) is 87.6 cm³/mol. The quantitative estimate of drug-likeness (QED) is 0.761. The van der Waals surface area contributed by atoms with Crippen molar-refractivity contribution in [3.05, 3.63) is 28.3 Å². The van der Waals surface area contributed by atoms with E-state index in [0.717, 1.165) is 31.2 Å². The third kappa shape index (κ3) is 3.92. The van der Waals surface area contributed by atoms with Crippen LogP contribution in [0.2, 0.25) is 5.02 Å². The zero-order valence-corrected chi connectivity index (χ0v) is 14.6. The molecule has 1 saturated heterocycles. The van der Waals surface area contributed by atoms with Gasteiger partial charge in [-0.15, -0.1) is 11.6 Å². The zero-order valence-electron chi connectivity index (χ0n) is 12.2. The van der Waals surface area contributed by atoms with Crippen LogP contribution in [0, 0.1) is 6.92 Å². The summed E-state index contributed by atoms with van der Waals surface area (Å²) in [4.78, 5) is 0.297. The number of benzene rings is 1. The van der Waals surface area contributed by atoms with Gasteiger partial charge in [-0.2, -0.15) is 4.31 Å². The van der Waals surface area contributed by atoms with Gasteiger partial charge in [0.05, 0.1) is 4.90 Å². The molecule has 0 aliphatic carbocycles. The lowest BCUT2D eigenvalue weighted by atomic mass is 10.1. The van der Waals surface area contributed by atoms with E-state index in [4.69, 9.17) is 23.2 Å². The molecule has 6 heteroatoms. The average molecular weight is 350 g/mol. The maximum absolute atomic E-state index is 12.9. The first-order chi connectivity index (χ1) is 9.96. The highest BCUT2D eigenvalue weighted by molar-refractivity contribution is 7.89. The van der Waals surface area contributed by atoms with E-state index in [-0.39, 0.29) is 5.88 Å². The molecule has 3 nitrogen and oxygen atoms in total. The van der Waals surface area contributed by atoms with Gasteiger partial charge in [-0.25, -0.2) is 8.42 Å². The molecular weight excluding hydrogens is 329 g/mol. The summed E-state index contributed by atoms with van der Waals surface area (Å²) in [6.45, 7) is 2.97. The molecule has 0 atom stereocenters. The predicted octanol–water partition coefficient (Wildman–Crippen LogP) is 4.34. The van der Waals surface area contributed by atoms with Crippen LogP contribution in [0.15, 0.2) is 17.0 Å². The number of hydrogen-bond donors (Lipinski definition) is 0. The van der Waals surface area contributed by atoms with E-state index >= 15 is 0 Å². The Kier molecular flexibility index (Phi) is 5.95. The normalized spacial score (nSPS) is 18.2. The Morgan fingerprint density at radius 1 is 1.10 bits per heavy atom. The van der Waals surface area contributed by atoms with Gasteiger partial charge in [0.25, 0.3) is 0 Å². The number of halogens is 2. The summed E-state index contributed by atoms with van der Waals surface area (Å²) < 4.78 is 27.4. The van der Waals surface area contributed by atoms with Gasteiger partial charge in [-0.1, -0.05) is 30.9 Å². The smallest absolute Gasteiger partial charge is 0.207 e. The van der Waals surface area contributed by atoms with Gasteiger partial charge >= 0.3 is 0 Å². The minimum atomic E-state index is -3.50. The second kappa shape index (κ2) is 7.32. The van der Waals surface area contributed by atoms with Crippen molar-refractivity contribution < 1.29 is 8.42 Å². The van der Waals surface area contributed by atoms with Crippen LogP contribution in [0.1, 0.15) is 43.2 Å². The standard InChI is InChI=1S/C15H21Cl2NO2S/c1-12-13(11-16)9-14(17)10-15(12)21(19,20)18-7-5-3-2-4-6-8-18/h9-10H,2-8,11H2,1H3. The monoisotopic (exact) mass is 349 g/mol. The highest BCUT2D eigenvalue weighted by atomic mass is 35.5. The van der Waals surface area contributed by atoms with Crippen molar-refractivity contribution in [2.75, 3.05) is 13.1 Å². The van der Waals surface area contributed by atoms with Gasteiger partial charge < -0.3 is 0 Å². The highest BCUT2D eigenvalue weighted by Gasteiger charge is 2.27. The summed E-state index contributed by atoms with van der Waals surface area (Å²) in [6.07, 6.45) is 5.21. The van der Waals surface area contributed by atoms with Crippen molar-refractivity contribution >= 4 is 33.2 Å². The zero-order chi connectivity index (χ0) is 15.5. The average Bonchev–Trinajstić information content (AvgIpc) is 2.40. The first-order valence-electron chi connectivity index (χ1n) is 7.32. The van der Waals surface area contributed by atoms with Gasteiger partial charge in [0.1, 0.15) is 0 Å². The molecule has 0 amide bonds. The van der Waals surface area contributed by atoms with Gasteiger partial charge in [0.2, 0.25) is 10.0 Å². The molecular formula is C15H21Cl2NO2S. The molecule has 0 radical (unpaired) electrons. The topological polar surface area (TPSA) is 37.4 Å². The number of alkyl halides is 1. The Morgan fingerprint density at radius 2 is 1.67 bits per heavy atom. The highest BCUT2D eigenvalue weighted by Crippen LogP contribution is 2.29. The number of rotatable bonds is 3. The van der Waals surface area contributed by atoms with Crippen molar-refractivity contribution in [3.63, 3.8) is 0 Å². The fourth-order valence-electron chi connectivity index (χ4n) is 2.71. The van der Waals surface area contributed by atoms with E-state index in [2.05, 4.69) is 0 Å². The van der Waals surface area contributed by atoms with Crippen molar-refractivity contribution in [1.29, 1.82) is 0 Å². The van der Waals surface area contributed by atoms with Crippen molar-refractivity contribution in [1.82, 2.24) is 4.31 Å². The Labute approximate surface area is 137 Å². The van der Waals surface area contributed by atoms with Crippen molar-refractivity contribution in [3.8, 4) is 0 Å². The lowest BCUT2D eigenvalue weighted by Crippen LogP contribution is -2.34. The number of hydrogen-bond acceptors (Lipinski definition) is 2. The molecule has 118 valence electrons. The summed E-state index contributed by atoms with van der Waals surface area (Å²) in [5, 5.41) is 0.418. The minimum absolute atomic E-state index is 0.259. The van der Waals surface area contributed by atoms with Crippen molar-refractivity contribution in [2.45, 2.75) is 49.8 Å². The second-order valence-corrected chi connectivity index (χ2v) is 8.10. The maximum atomic E-state index is 12.9. The van der Waals surface area contributed by atoms with Crippen LogP contribution in [0.3, 0.4) is 0 Å². The SMILES string of the molecule is Cc1c(CCl)cc(Cl)cc1S(=O)(=O)N1CCCCCCC1.